The zero-order valence-corrected chi connectivity index (χ0v) is 15.5. The van der Waals surface area contributed by atoms with Crippen LogP contribution in [0, 0.1) is 5.92 Å². The molecule has 0 unspecified atom stereocenters. The molecule has 27 heavy (non-hydrogen) atoms. The molecule has 0 saturated carbocycles. The first-order chi connectivity index (χ1) is 13.0. The maximum absolute atomic E-state index is 12.3. The van der Waals surface area contributed by atoms with Gasteiger partial charge < -0.3 is 10.6 Å². The second-order valence-electron chi connectivity index (χ2n) is 6.63. The summed E-state index contributed by atoms with van der Waals surface area (Å²) < 4.78 is 1.95. The largest absolute Gasteiger partial charge is 0.352 e. The summed E-state index contributed by atoms with van der Waals surface area (Å²) in [4.78, 5) is 24.1. The van der Waals surface area contributed by atoms with Gasteiger partial charge in [-0.2, -0.15) is 0 Å². The van der Waals surface area contributed by atoms with E-state index in [0.29, 0.717) is 17.8 Å². The van der Waals surface area contributed by atoms with Crippen molar-refractivity contribution in [1.82, 2.24) is 19.9 Å². The fourth-order valence-electron chi connectivity index (χ4n) is 2.64. The third-order valence-corrected chi connectivity index (χ3v) is 4.16. The van der Waals surface area contributed by atoms with Crippen LogP contribution in [0.25, 0.3) is 5.65 Å². The molecular formula is C20H23N5O2. The standard InChI is InChI=1S/C20H23N5O2/c1-14(2)19(26)22-16-8-5-7-15(13-16)20(27)21-11-6-10-18-24-23-17-9-3-4-12-25(17)18/h3-5,7-9,12-14H,6,10-11H2,1-2H3,(H,21,27)(H,22,26). The molecule has 140 valence electrons. The molecule has 3 rings (SSSR count). The summed E-state index contributed by atoms with van der Waals surface area (Å²) in [5.74, 6) is 0.517. The molecule has 2 heterocycles. The van der Waals surface area contributed by atoms with Gasteiger partial charge in [-0.25, -0.2) is 0 Å². The third kappa shape index (κ3) is 4.69. The van der Waals surface area contributed by atoms with Gasteiger partial charge in [0.25, 0.3) is 5.91 Å². The van der Waals surface area contributed by atoms with Gasteiger partial charge in [0.1, 0.15) is 5.82 Å². The fraction of sp³-hybridized carbons (Fsp3) is 0.300. The van der Waals surface area contributed by atoms with Gasteiger partial charge in [0, 0.05) is 36.3 Å². The molecular weight excluding hydrogens is 342 g/mol. The van der Waals surface area contributed by atoms with E-state index in [9.17, 15) is 9.59 Å². The summed E-state index contributed by atoms with van der Waals surface area (Å²) in [5, 5.41) is 14.0. The maximum atomic E-state index is 12.3. The fourth-order valence-corrected chi connectivity index (χ4v) is 2.64. The van der Waals surface area contributed by atoms with Crippen molar-refractivity contribution < 1.29 is 9.59 Å². The van der Waals surface area contributed by atoms with Crippen LogP contribution in [0.1, 0.15) is 36.5 Å². The first-order valence-corrected chi connectivity index (χ1v) is 9.02. The van der Waals surface area contributed by atoms with Gasteiger partial charge in [-0.05, 0) is 36.8 Å². The lowest BCUT2D eigenvalue weighted by molar-refractivity contribution is -0.118. The normalized spacial score (nSPS) is 10.9. The maximum Gasteiger partial charge on any atom is 0.251 e. The zero-order valence-electron chi connectivity index (χ0n) is 15.5. The van der Waals surface area contributed by atoms with Crippen molar-refractivity contribution in [3.05, 3.63) is 60.0 Å². The van der Waals surface area contributed by atoms with E-state index in [2.05, 4.69) is 20.8 Å². The smallest absolute Gasteiger partial charge is 0.251 e. The molecule has 0 aliphatic rings. The monoisotopic (exact) mass is 365 g/mol. The van der Waals surface area contributed by atoms with E-state index in [1.165, 1.54) is 0 Å². The number of carbonyl (C=O) groups excluding carboxylic acids is 2. The number of aryl methyl sites for hydroxylation is 1. The van der Waals surface area contributed by atoms with Gasteiger partial charge in [-0.3, -0.25) is 14.0 Å². The number of rotatable bonds is 7. The van der Waals surface area contributed by atoms with Gasteiger partial charge in [-0.1, -0.05) is 26.0 Å². The predicted octanol–water partition coefficient (Wildman–Crippen LogP) is 2.69. The average molecular weight is 365 g/mol. The number of hydrogen-bond donors (Lipinski definition) is 2. The number of fused-ring (bicyclic) bond motifs is 1. The highest BCUT2D eigenvalue weighted by atomic mass is 16.2. The number of nitrogens with one attached hydrogen (secondary N) is 2. The van der Waals surface area contributed by atoms with E-state index < -0.39 is 0 Å². The molecule has 7 heteroatoms. The topological polar surface area (TPSA) is 88.4 Å². The summed E-state index contributed by atoms with van der Waals surface area (Å²) in [7, 11) is 0. The van der Waals surface area contributed by atoms with Gasteiger partial charge in [0.05, 0.1) is 0 Å². The second kappa shape index (κ2) is 8.44. The Morgan fingerprint density at radius 1 is 1.11 bits per heavy atom. The van der Waals surface area contributed by atoms with Crippen LogP contribution in [0.2, 0.25) is 0 Å². The lowest BCUT2D eigenvalue weighted by Crippen LogP contribution is -2.25. The number of nitrogens with zero attached hydrogens (tertiary/aromatic N) is 3. The molecule has 0 saturated heterocycles. The van der Waals surface area contributed by atoms with Crippen molar-refractivity contribution in [1.29, 1.82) is 0 Å². The van der Waals surface area contributed by atoms with E-state index in [1.54, 1.807) is 24.3 Å². The van der Waals surface area contributed by atoms with E-state index in [1.807, 2.05) is 42.6 Å². The summed E-state index contributed by atoms with van der Waals surface area (Å²) in [6.45, 7) is 4.18. The molecule has 2 amide bonds. The number of anilines is 1. The highest BCUT2D eigenvalue weighted by molar-refractivity contribution is 5.97. The number of hydrogen-bond acceptors (Lipinski definition) is 4. The minimum absolute atomic E-state index is 0.0758. The Morgan fingerprint density at radius 2 is 1.96 bits per heavy atom. The van der Waals surface area contributed by atoms with E-state index in [0.717, 1.165) is 24.3 Å². The number of carbonyl (C=O) groups is 2. The highest BCUT2D eigenvalue weighted by Crippen LogP contribution is 2.12. The Labute approximate surface area is 157 Å². The predicted molar refractivity (Wildman–Crippen MR) is 104 cm³/mol. The van der Waals surface area contributed by atoms with Crippen molar-refractivity contribution in [2.75, 3.05) is 11.9 Å². The summed E-state index contributed by atoms with van der Waals surface area (Å²) >= 11 is 0. The first kappa shape index (κ1) is 18.6. The summed E-state index contributed by atoms with van der Waals surface area (Å²) in [6.07, 6.45) is 3.40. The molecule has 0 spiro atoms. The molecule has 7 nitrogen and oxygen atoms in total. The molecule has 0 atom stereocenters. The summed E-state index contributed by atoms with van der Waals surface area (Å²) in [5.41, 5.74) is 1.96. The van der Waals surface area contributed by atoms with E-state index >= 15 is 0 Å². The van der Waals surface area contributed by atoms with Crippen molar-refractivity contribution in [3.8, 4) is 0 Å². The minimum Gasteiger partial charge on any atom is -0.352 e. The lowest BCUT2D eigenvalue weighted by Gasteiger charge is -2.09. The summed E-state index contributed by atoms with van der Waals surface area (Å²) in [6, 6.07) is 12.7. The van der Waals surface area contributed by atoms with Crippen LogP contribution < -0.4 is 10.6 Å². The Hall–Kier alpha value is -3.22. The molecule has 2 aromatic heterocycles. The van der Waals surface area contributed by atoms with Gasteiger partial charge in [-0.15, -0.1) is 10.2 Å². The Bertz CT molecular complexity index is 948. The molecule has 3 aromatic rings. The minimum atomic E-state index is -0.165. The first-order valence-electron chi connectivity index (χ1n) is 9.02. The van der Waals surface area contributed by atoms with Crippen LogP contribution >= 0.6 is 0 Å². The van der Waals surface area contributed by atoms with Crippen LogP contribution in [0.3, 0.4) is 0 Å². The van der Waals surface area contributed by atoms with Gasteiger partial charge in [0.2, 0.25) is 5.91 Å². The van der Waals surface area contributed by atoms with Gasteiger partial charge in [0.15, 0.2) is 5.65 Å². The van der Waals surface area contributed by atoms with Crippen LogP contribution in [0.5, 0.6) is 0 Å². The van der Waals surface area contributed by atoms with Crippen LogP contribution in [0.15, 0.2) is 48.7 Å². The van der Waals surface area contributed by atoms with Crippen molar-refractivity contribution >= 4 is 23.1 Å². The lowest BCUT2D eigenvalue weighted by atomic mass is 10.1. The van der Waals surface area contributed by atoms with E-state index in [-0.39, 0.29) is 17.7 Å². The van der Waals surface area contributed by atoms with Crippen LogP contribution in [-0.4, -0.2) is 33.0 Å². The van der Waals surface area contributed by atoms with Crippen LogP contribution in [-0.2, 0) is 11.2 Å². The number of aromatic nitrogens is 3. The van der Waals surface area contributed by atoms with Crippen molar-refractivity contribution in [2.24, 2.45) is 5.92 Å². The van der Waals surface area contributed by atoms with E-state index in [4.69, 9.17) is 0 Å². The third-order valence-electron chi connectivity index (χ3n) is 4.16. The second-order valence-corrected chi connectivity index (χ2v) is 6.63. The number of benzene rings is 1. The quantitative estimate of drug-likeness (QED) is 0.630. The van der Waals surface area contributed by atoms with Gasteiger partial charge >= 0.3 is 0 Å². The van der Waals surface area contributed by atoms with Crippen molar-refractivity contribution in [3.63, 3.8) is 0 Å². The zero-order chi connectivity index (χ0) is 19.2. The molecule has 0 bridgehead atoms. The average Bonchev–Trinajstić information content (AvgIpc) is 3.08. The SMILES string of the molecule is CC(C)C(=O)Nc1cccc(C(=O)NCCCc2nnc3ccccn23)c1. The molecule has 0 fully saturated rings. The number of amides is 2. The highest BCUT2D eigenvalue weighted by Gasteiger charge is 2.10. The molecule has 0 aliphatic heterocycles. The Balaban J connectivity index is 1.51. The molecule has 0 aliphatic carbocycles. The Morgan fingerprint density at radius 3 is 2.78 bits per heavy atom. The van der Waals surface area contributed by atoms with Crippen LogP contribution in [0.4, 0.5) is 5.69 Å². The van der Waals surface area contributed by atoms with Crippen molar-refractivity contribution in [2.45, 2.75) is 26.7 Å². The molecule has 0 radical (unpaired) electrons. The Kier molecular flexibility index (Phi) is 5.80. The molecule has 2 N–H and O–H groups in total. The number of pyridine rings is 1. The molecule has 1 aromatic carbocycles.